The predicted octanol–water partition coefficient (Wildman–Crippen LogP) is 2.60. The molecule has 0 unspecified atom stereocenters. The van der Waals surface area contributed by atoms with Gasteiger partial charge in [-0.05, 0) is 6.07 Å². The zero-order valence-corrected chi connectivity index (χ0v) is 12.3. The molecule has 110 valence electrons. The van der Waals surface area contributed by atoms with Crippen LogP contribution in [0, 0.1) is 0 Å². The maximum absolute atomic E-state index is 12.3. The molecule has 0 atom stereocenters. The summed E-state index contributed by atoms with van der Waals surface area (Å²) >= 11 is 11.9. The third-order valence-corrected chi connectivity index (χ3v) is 5.55. The lowest BCUT2D eigenvalue weighted by Crippen LogP contribution is -2.40. The van der Waals surface area contributed by atoms with E-state index < -0.39 is 40.8 Å². The molecule has 0 aliphatic heterocycles. The van der Waals surface area contributed by atoms with E-state index in [9.17, 15) is 21.6 Å². The standard InChI is InChI=1S/C8H8Cl2F3NO3S2/c9-6-3-5(7(10)18-6)19(16,17)14(1-2-15)4-8(11,12)13/h3,15H,1-2,4H2. The lowest BCUT2D eigenvalue weighted by molar-refractivity contribution is -0.136. The predicted molar refractivity (Wildman–Crippen MR) is 66.2 cm³/mol. The van der Waals surface area contributed by atoms with Crippen molar-refractivity contribution in [2.75, 3.05) is 19.7 Å². The summed E-state index contributed by atoms with van der Waals surface area (Å²) in [5, 5.41) is 8.69. The quantitative estimate of drug-likeness (QED) is 0.880. The molecule has 4 nitrogen and oxygen atoms in total. The van der Waals surface area contributed by atoms with E-state index in [0.717, 1.165) is 17.4 Å². The van der Waals surface area contributed by atoms with E-state index in [4.69, 9.17) is 28.3 Å². The zero-order chi connectivity index (χ0) is 14.8. The average molecular weight is 358 g/mol. The lowest BCUT2D eigenvalue weighted by Gasteiger charge is -2.22. The molecule has 0 spiro atoms. The Hall–Kier alpha value is -0.0600. The maximum atomic E-state index is 12.3. The minimum Gasteiger partial charge on any atom is -0.395 e. The summed E-state index contributed by atoms with van der Waals surface area (Å²) in [7, 11) is -4.46. The van der Waals surface area contributed by atoms with Gasteiger partial charge in [0.1, 0.15) is 15.8 Å². The van der Waals surface area contributed by atoms with Gasteiger partial charge in [0.25, 0.3) is 0 Å². The van der Waals surface area contributed by atoms with Crippen molar-refractivity contribution < 1.29 is 26.7 Å². The second-order valence-electron chi connectivity index (χ2n) is 3.37. The number of sulfonamides is 1. The average Bonchev–Trinajstić information content (AvgIpc) is 2.56. The Kier molecular flexibility index (Phi) is 5.50. The molecular weight excluding hydrogens is 350 g/mol. The van der Waals surface area contributed by atoms with E-state index in [1.807, 2.05) is 0 Å². The number of aliphatic hydroxyl groups is 1. The van der Waals surface area contributed by atoms with E-state index >= 15 is 0 Å². The first-order chi connectivity index (χ1) is 8.58. The number of nitrogens with zero attached hydrogens (tertiary/aromatic N) is 1. The summed E-state index contributed by atoms with van der Waals surface area (Å²) < 4.78 is 61.0. The highest BCUT2D eigenvalue weighted by Gasteiger charge is 2.38. The van der Waals surface area contributed by atoms with Crippen LogP contribution in [0.1, 0.15) is 0 Å². The molecule has 11 heteroatoms. The maximum Gasteiger partial charge on any atom is 0.402 e. The number of hydrogen-bond donors (Lipinski definition) is 1. The summed E-state index contributed by atoms with van der Waals surface area (Å²) in [6.45, 7) is -3.14. The molecule has 1 N–H and O–H groups in total. The second kappa shape index (κ2) is 6.15. The summed E-state index contributed by atoms with van der Waals surface area (Å²) in [5.74, 6) is 0. The number of aliphatic hydroxyl groups excluding tert-OH is 1. The van der Waals surface area contributed by atoms with Gasteiger partial charge in [-0.2, -0.15) is 17.5 Å². The van der Waals surface area contributed by atoms with Gasteiger partial charge in [0.15, 0.2) is 0 Å². The van der Waals surface area contributed by atoms with Crippen LogP contribution < -0.4 is 0 Å². The Morgan fingerprint density at radius 2 is 1.95 bits per heavy atom. The van der Waals surface area contributed by atoms with Crippen molar-refractivity contribution in [1.82, 2.24) is 4.31 Å². The van der Waals surface area contributed by atoms with Gasteiger partial charge in [-0.25, -0.2) is 8.42 Å². The van der Waals surface area contributed by atoms with Crippen LogP contribution >= 0.6 is 34.5 Å². The van der Waals surface area contributed by atoms with Crippen LogP contribution in [-0.2, 0) is 10.0 Å². The summed E-state index contributed by atoms with van der Waals surface area (Å²) in [5.41, 5.74) is 0. The van der Waals surface area contributed by atoms with Gasteiger partial charge in [-0.1, -0.05) is 23.2 Å². The lowest BCUT2D eigenvalue weighted by atomic mass is 10.6. The first-order valence-electron chi connectivity index (χ1n) is 4.70. The third kappa shape index (κ3) is 4.47. The smallest absolute Gasteiger partial charge is 0.395 e. The highest BCUT2D eigenvalue weighted by atomic mass is 35.5. The van der Waals surface area contributed by atoms with E-state index in [0.29, 0.717) is 0 Å². The number of hydrogen-bond acceptors (Lipinski definition) is 4. The first-order valence-corrected chi connectivity index (χ1v) is 7.72. The van der Waals surface area contributed by atoms with Crippen LogP contribution in [-0.4, -0.2) is 43.7 Å². The van der Waals surface area contributed by atoms with Gasteiger partial charge in [-0.15, -0.1) is 11.3 Å². The molecule has 19 heavy (non-hydrogen) atoms. The molecule has 1 aromatic rings. The Morgan fingerprint density at radius 3 is 2.32 bits per heavy atom. The molecule has 0 aliphatic rings. The molecule has 0 aliphatic carbocycles. The molecule has 1 aromatic heterocycles. The number of alkyl halides is 3. The van der Waals surface area contributed by atoms with E-state index in [2.05, 4.69) is 0 Å². The fourth-order valence-electron chi connectivity index (χ4n) is 1.24. The summed E-state index contributed by atoms with van der Waals surface area (Å²) in [4.78, 5) is -0.498. The first kappa shape index (κ1) is 17.0. The fourth-order valence-corrected chi connectivity index (χ4v) is 4.77. The summed E-state index contributed by atoms with van der Waals surface area (Å²) in [6.07, 6.45) is -4.73. The Balaban J connectivity index is 3.16. The SMILES string of the molecule is O=S(=O)(c1cc(Cl)sc1Cl)N(CCO)CC(F)(F)F. The third-order valence-electron chi connectivity index (χ3n) is 1.95. The van der Waals surface area contributed by atoms with E-state index in [-0.39, 0.29) is 13.0 Å². The fraction of sp³-hybridized carbons (Fsp3) is 0.500. The number of rotatable bonds is 5. The minimum atomic E-state index is -4.73. The second-order valence-corrected chi connectivity index (χ2v) is 7.56. The van der Waals surface area contributed by atoms with Crippen LogP contribution in [0.5, 0.6) is 0 Å². The van der Waals surface area contributed by atoms with Gasteiger partial charge in [0, 0.05) is 6.54 Å². The van der Waals surface area contributed by atoms with Crippen LogP contribution in [0.25, 0.3) is 0 Å². The van der Waals surface area contributed by atoms with Gasteiger partial charge in [0.2, 0.25) is 10.0 Å². The van der Waals surface area contributed by atoms with Crippen LogP contribution in [0.4, 0.5) is 13.2 Å². The van der Waals surface area contributed by atoms with Crippen molar-refractivity contribution in [2.24, 2.45) is 0 Å². The van der Waals surface area contributed by atoms with Gasteiger partial charge >= 0.3 is 6.18 Å². The van der Waals surface area contributed by atoms with E-state index in [1.54, 1.807) is 0 Å². The molecule has 0 fully saturated rings. The number of thiophene rings is 1. The Morgan fingerprint density at radius 1 is 1.37 bits per heavy atom. The highest BCUT2D eigenvalue weighted by Crippen LogP contribution is 2.36. The highest BCUT2D eigenvalue weighted by molar-refractivity contribution is 7.89. The molecule has 0 saturated heterocycles. The molecule has 0 aromatic carbocycles. The van der Waals surface area contributed by atoms with Crippen molar-refractivity contribution in [2.45, 2.75) is 11.1 Å². The molecule has 0 bridgehead atoms. The van der Waals surface area contributed by atoms with Gasteiger partial charge in [0.05, 0.1) is 10.9 Å². The number of halogens is 5. The van der Waals surface area contributed by atoms with Crippen molar-refractivity contribution >= 4 is 44.6 Å². The van der Waals surface area contributed by atoms with Crippen LogP contribution in [0.2, 0.25) is 8.67 Å². The van der Waals surface area contributed by atoms with Gasteiger partial charge in [-0.3, -0.25) is 0 Å². The molecule has 0 saturated carbocycles. The normalized spacial score (nSPS) is 13.2. The molecule has 1 rings (SSSR count). The molecular formula is C8H8Cl2F3NO3S2. The summed E-state index contributed by atoms with van der Waals surface area (Å²) in [6, 6.07) is 0.977. The topological polar surface area (TPSA) is 57.6 Å². The van der Waals surface area contributed by atoms with Crippen molar-refractivity contribution in [1.29, 1.82) is 0 Å². The minimum absolute atomic E-state index is 0.0412. The zero-order valence-electron chi connectivity index (χ0n) is 9.12. The molecule has 0 amide bonds. The largest absolute Gasteiger partial charge is 0.402 e. The van der Waals surface area contributed by atoms with Crippen molar-refractivity contribution in [3.63, 3.8) is 0 Å². The monoisotopic (exact) mass is 357 g/mol. The molecule has 1 heterocycles. The van der Waals surface area contributed by atoms with Crippen LogP contribution in [0.3, 0.4) is 0 Å². The van der Waals surface area contributed by atoms with Gasteiger partial charge < -0.3 is 5.11 Å². The van der Waals surface area contributed by atoms with E-state index in [1.165, 1.54) is 0 Å². The van der Waals surface area contributed by atoms with Crippen molar-refractivity contribution in [3.8, 4) is 0 Å². The van der Waals surface area contributed by atoms with Crippen LogP contribution in [0.15, 0.2) is 11.0 Å². The molecule has 0 radical (unpaired) electrons. The Bertz CT molecular complexity index is 544. The Labute approximate surface area is 121 Å². The van der Waals surface area contributed by atoms with Crippen molar-refractivity contribution in [3.05, 3.63) is 14.7 Å².